The fourth-order valence-electron chi connectivity index (χ4n) is 1.39. The smallest absolute Gasteiger partial charge is 0.261 e. The zero-order valence-corrected chi connectivity index (χ0v) is 11.0. The molecule has 0 aromatic carbocycles. The standard InChI is InChI=1S/C11H17FN2O3S/c1-17-9-4-2-3-8-14-18(15,16)11-10(12)6-5-7-13-11/h5-7,14H,2-4,8-9H2,1H3. The lowest BCUT2D eigenvalue weighted by atomic mass is 10.2. The first-order chi connectivity index (χ1) is 8.58. The minimum absolute atomic E-state index is 0.266. The van der Waals surface area contributed by atoms with E-state index in [4.69, 9.17) is 4.74 Å². The largest absolute Gasteiger partial charge is 0.385 e. The van der Waals surface area contributed by atoms with Gasteiger partial charge in [-0.2, -0.15) is 0 Å². The molecule has 102 valence electrons. The van der Waals surface area contributed by atoms with Crippen molar-refractivity contribution in [2.75, 3.05) is 20.3 Å². The van der Waals surface area contributed by atoms with Crippen molar-refractivity contribution < 1.29 is 17.5 Å². The van der Waals surface area contributed by atoms with Gasteiger partial charge in [-0.05, 0) is 31.4 Å². The van der Waals surface area contributed by atoms with Crippen LogP contribution >= 0.6 is 0 Å². The van der Waals surface area contributed by atoms with E-state index in [0.29, 0.717) is 13.0 Å². The molecule has 7 heteroatoms. The third-order valence-electron chi connectivity index (χ3n) is 2.30. The Hall–Kier alpha value is -1.05. The maximum atomic E-state index is 13.3. The first-order valence-corrected chi connectivity index (χ1v) is 7.15. The van der Waals surface area contributed by atoms with E-state index in [1.807, 2.05) is 0 Å². The quantitative estimate of drug-likeness (QED) is 0.727. The average Bonchev–Trinajstić information content (AvgIpc) is 2.34. The van der Waals surface area contributed by atoms with Crippen molar-refractivity contribution in [3.63, 3.8) is 0 Å². The van der Waals surface area contributed by atoms with E-state index in [0.717, 1.165) is 18.9 Å². The summed E-state index contributed by atoms with van der Waals surface area (Å²) in [5, 5.41) is -0.554. The van der Waals surface area contributed by atoms with Gasteiger partial charge in [-0.15, -0.1) is 0 Å². The summed E-state index contributed by atoms with van der Waals surface area (Å²) in [6.45, 7) is 0.920. The summed E-state index contributed by atoms with van der Waals surface area (Å²) in [6, 6.07) is 2.42. The van der Waals surface area contributed by atoms with Crippen LogP contribution in [0.1, 0.15) is 19.3 Å². The Balaban J connectivity index is 2.44. The fourth-order valence-corrected chi connectivity index (χ4v) is 2.47. The molecule has 0 saturated heterocycles. The van der Waals surface area contributed by atoms with Gasteiger partial charge in [0.15, 0.2) is 5.82 Å². The van der Waals surface area contributed by atoms with Gasteiger partial charge in [0, 0.05) is 26.5 Å². The van der Waals surface area contributed by atoms with Gasteiger partial charge in [0.05, 0.1) is 0 Å². The predicted octanol–water partition coefficient (Wildman–Crippen LogP) is 1.32. The molecule has 0 unspecified atom stereocenters. The number of nitrogens with zero attached hydrogens (tertiary/aromatic N) is 1. The molecule has 1 N–H and O–H groups in total. The van der Waals surface area contributed by atoms with Gasteiger partial charge in [0.2, 0.25) is 5.03 Å². The van der Waals surface area contributed by atoms with Crippen molar-refractivity contribution in [3.05, 3.63) is 24.1 Å². The second-order valence-electron chi connectivity index (χ2n) is 3.74. The summed E-state index contributed by atoms with van der Waals surface area (Å²) in [4.78, 5) is 3.53. The molecule has 0 atom stereocenters. The van der Waals surface area contributed by atoms with Gasteiger partial charge < -0.3 is 4.74 Å². The van der Waals surface area contributed by atoms with Crippen LogP contribution in [-0.4, -0.2) is 33.7 Å². The molecule has 0 saturated carbocycles. The van der Waals surface area contributed by atoms with Crippen molar-refractivity contribution >= 4 is 10.0 Å². The molecule has 1 heterocycles. The lowest BCUT2D eigenvalue weighted by Gasteiger charge is -2.06. The number of nitrogens with one attached hydrogen (secondary N) is 1. The zero-order chi connectivity index (χ0) is 13.4. The number of hydrogen-bond acceptors (Lipinski definition) is 4. The lowest BCUT2D eigenvalue weighted by molar-refractivity contribution is 0.192. The van der Waals surface area contributed by atoms with Gasteiger partial charge in [-0.3, -0.25) is 0 Å². The average molecular weight is 276 g/mol. The zero-order valence-electron chi connectivity index (χ0n) is 10.2. The van der Waals surface area contributed by atoms with Crippen LogP contribution in [0.25, 0.3) is 0 Å². The van der Waals surface area contributed by atoms with Crippen LogP contribution in [0.4, 0.5) is 4.39 Å². The number of aromatic nitrogens is 1. The van der Waals surface area contributed by atoms with E-state index >= 15 is 0 Å². The maximum absolute atomic E-state index is 13.3. The van der Waals surface area contributed by atoms with Crippen molar-refractivity contribution in [1.82, 2.24) is 9.71 Å². The molecule has 0 fully saturated rings. The van der Waals surface area contributed by atoms with Crippen LogP contribution in [0.5, 0.6) is 0 Å². The summed E-state index contributed by atoms with van der Waals surface area (Å²) in [7, 11) is -2.23. The molecular formula is C11H17FN2O3S. The minimum atomic E-state index is -3.85. The number of methoxy groups -OCH3 is 1. The third-order valence-corrected chi connectivity index (χ3v) is 3.69. The number of pyridine rings is 1. The fraction of sp³-hybridized carbons (Fsp3) is 0.545. The molecule has 0 bridgehead atoms. The Morgan fingerprint density at radius 3 is 2.83 bits per heavy atom. The van der Waals surface area contributed by atoms with Crippen LogP contribution < -0.4 is 4.72 Å². The summed E-state index contributed by atoms with van der Waals surface area (Å²) in [5.74, 6) is -0.843. The molecule has 0 aliphatic carbocycles. The maximum Gasteiger partial charge on any atom is 0.261 e. The van der Waals surface area contributed by atoms with Crippen molar-refractivity contribution in [1.29, 1.82) is 0 Å². The first-order valence-electron chi connectivity index (χ1n) is 5.67. The van der Waals surface area contributed by atoms with Crippen LogP contribution in [0.15, 0.2) is 23.4 Å². The third kappa shape index (κ3) is 4.67. The normalized spacial score (nSPS) is 11.7. The highest BCUT2D eigenvalue weighted by Gasteiger charge is 2.19. The summed E-state index contributed by atoms with van der Waals surface area (Å²) in [5.41, 5.74) is 0. The highest BCUT2D eigenvalue weighted by molar-refractivity contribution is 7.89. The molecular weight excluding hydrogens is 259 g/mol. The van der Waals surface area contributed by atoms with E-state index in [-0.39, 0.29) is 6.54 Å². The molecule has 18 heavy (non-hydrogen) atoms. The van der Waals surface area contributed by atoms with Crippen molar-refractivity contribution in [3.8, 4) is 0 Å². The van der Waals surface area contributed by atoms with Crippen molar-refractivity contribution in [2.45, 2.75) is 24.3 Å². The summed E-state index contributed by atoms with van der Waals surface area (Å²) < 4.78 is 43.9. The highest BCUT2D eigenvalue weighted by Crippen LogP contribution is 2.09. The highest BCUT2D eigenvalue weighted by atomic mass is 32.2. The molecule has 1 aromatic rings. The second kappa shape index (κ2) is 7.40. The second-order valence-corrected chi connectivity index (χ2v) is 5.42. The molecule has 0 amide bonds. The number of ether oxygens (including phenoxy) is 1. The van der Waals surface area contributed by atoms with Crippen LogP contribution in [0.3, 0.4) is 0 Å². The molecule has 1 rings (SSSR count). The number of halogens is 1. The minimum Gasteiger partial charge on any atom is -0.385 e. The first kappa shape index (κ1) is 15.0. The van der Waals surface area contributed by atoms with E-state index in [2.05, 4.69) is 9.71 Å². The van der Waals surface area contributed by atoms with Crippen molar-refractivity contribution in [2.24, 2.45) is 0 Å². The van der Waals surface area contributed by atoms with E-state index < -0.39 is 20.9 Å². The Labute approximate surface area is 106 Å². The van der Waals surface area contributed by atoms with Gasteiger partial charge in [-0.1, -0.05) is 0 Å². The van der Waals surface area contributed by atoms with Gasteiger partial charge >= 0.3 is 0 Å². The Morgan fingerprint density at radius 1 is 1.39 bits per heavy atom. The Morgan fingerprint density at radius 2 is 2.17 bits per heavy atom. The van der Waals surface area contributed by atoms with Gasteiger partial charge in [0.25, 0.3) is 10.0 Å². The monoisotopic (exact) mass is 276 g/mol. The molecule has 0 radical (unpaired) electrons. The number of rotatable bonds is 8. The van der Waals surface area contributed by atoms with Gasteiger partial charge in [0.1, 0.15) is 0 Å². The van der Waals surface area contributed by atoms with Crippen LogP contribution in [0.2, 0.25) is 0 Å². The topological polar surface area (TPSA) is 68.3 Å². The van der Waals surface area contributed by atoms with Crippen LogP contribution in [-0.2, 0) is 14.8 Å². The number of sulfonamides is 1. The lowest BCUT2D eigenvalue weighted by Crippen LogP contribution is -2.26. The molecule has 0 aliphatic heterocycles. The SMILES string of the molecule is COCCCCCNS(=O)(=O)c1ncccc1F. The Kier molecular flexibility index (Phi) is 6.17. The van der Waals surface area contributed by atoms with Gasteiger partial charge in [-0.25, -0.2) is 22.5 Å². The summed E-state index contributed by atoms with van der Waals surface area (Å²) in [6.07, 6.45) is 3.64. The van der Waals surface area contributed by atoms with E-state index in [9.17, 15) is 12.8 Å². The molecule has 0 aliphatic rings. The molecule has 1 aromatic heterocycles. The van der Waals surface area contributed by atoms with E-state index in [1.165, 1.54) is 12.3 Å². The predicted molar refractivity (Wildman–Crippen MR) is 65.1 cm³/mol. The number of hydrogen-bond donors (Lipinski definition) is 1. The Bertz CT molecular complexity index is 465. The van der Waals surface area contributed by atoms with Crippen LogP contribution in [0, 0.1) is 5.82 Å². The molecule has 5 nitrogen and oxygen atoms in total. The summed E-state index contributed by atoms with van der Waals surface area (Å²) >= 11 is 0. The molecule has 0 spiro atoms. The van der Waals surface area contributed by atoms with E-state index in [1.54, 1.807) is 7.11 Å². The number of unbranched alkanes of at least 4 members (excludes halogenated alkanes) is 2.